The molecule has 0 aliphatic heterocycles. The van der Waals surface area contributed by atoms with Gasteiger partial charge in [-0.1, -0.05) is 30.0 Å². The van der Waals surface area contributed by atoms with Crippen LogP contribution in [0.25, 0.3) is 23.1 Å². The molecule has 0 radical (unpaired) electrons. The van der Waals surface area contributed by atoms with Crippen LogP contribution < -0.4 is 4.74 Å². The Bertz CT molecular complexity index is 1240. The van der Waals surface area contributed by atoms with Crippen LogP contribution in [0.4, 0.5) is 0 Å². The minimum absolute atomic E-state index is 0.211. The molecule has 2 aromatic carbocycles. The lowest BCUT2D eigenvalue weighted by Crippen LogP contribution is -2.00. The number of rotatable bonds is 11. The molecule has 6 nitrogen and oxygen atoms in total. The number of pyridine rings is 1. The van der Waals surface area contributed by atoms with E-state index in [-0.39, 0.29) is 6.42 Å². The molecule has 4 aromatic rings. The number of ether oxygens (including phenoxy) is 1. The molecule has 33 heavy (non-hydrogen) atoms. The molecule has 4 rings (SSSR count). The maximum atomic E-state index is 10.6. The van der Waals surface area contributed by atoms with E-state index in [1.165, 1.54) is 0 Å². The van der Waals surface area contributed by atoms with E-state index in [0.29, 0.717) is 13.0 Å². The summed E-state index contributed by atoms with van der Waals surface area (Å²) in [6.45, 7) is 0.572. The lowest BCUT2D eigenvalue weighted by atomic mass is 10.2. The molecule has 2 heterocycles. The Morgan fingerprint density at radius 3 is 2.76 bits per heavy atom. The number of benzene rings is 2. The summed E-state index contributed by atoms with van der Waals surface area (Å²) in [5.74, 6) is 0.0904. The second kappa shape index (κ2) is 11.3. The first kappa shape index (κ1) is 22.6. The number of H-pyrrole nitrogens is 1. The number of para-hydroxylation sites is 1. The van der Waals surface area contributed by atoms with Crippen LogP contribution in [0.2, 0.25) is 0 Å². The number of carboxylic acid groups (broad SMARTS) is 1. The van der Waals surface area contributed by atoms with Crippen LogP contribution >= 0.6 is 11.8 Å². The summed E-state index contributed by atoms with van der Waals surface area (Å²) in [6.07, 6.45) is 8.26. The molecule has 0 aliphatic carbocycles. The standard InChI is InChI=1S/C26H25N3O3S/c30-26(31)11-2-1-7-17-32-24-9-3-4-10-25(24)33-20-13-14-21-22(28-29-23(21)18-20)15-12-19-8-5-6-16-27-19/h3-6,8-10,12-16,18H,1-2,7,11,17H2,(H,28,29)(H,30,31). The Labute approximate surface area is 196 Å². The zero-order chi connectivity index (χ0) is 22.9. The van der Waals surface area contributed by atoms with Gasteiger partial charge in [0.05, 0.1) is 28.4 Å². The van der Waals surface area contributed by atoms with Gasteiger partial charge in [-0.2, -0.15) is 5.10 Å². The van der Waals surface area contributed by atoms with E-state index in [4.69, 9.17) is 9.84 Å². The molecule has 2 N–H and O–H groups in total. The number of hydrogen-bond acceptors (Lipinski definition) is 5. The van der Waals surface area contributed by atoms with E-state index in [1.807, 2.05) is 54.6 Å². The fourth-order valence-electron chi connectivity index (χ4n) is 3.37. The molecule has 0 saturated heterocycles. The van der Waals surface area contributed by atoms with Crippen LogP contribution in [0.3, 0.4) is 0 Å². The molecular weight excluding hydrogens is 434 g/mol. The van der Waals surface area contributed by atoms with E-state index in [9.17, 15) is 4.79 Å². The van der Waals surface area contributed by atoms with Gasteiger partial charge in [0, 0.05) is 22.9 Å². The van der Waals surface area contributed by atoms with Gasteiger partial charge in [0.15, 0.2) is 0 Å². The number of carboxylic acids is 1. The molecule has 0 saturated carbocycles. The van der Waals surface area contributed by atoms with E-state index in [0.717, 1.165) is 50.7 Å². The Kier molecular flexibility index (Phi) is 7.76. The Hall–Kier alpha value is -3.58. The summed E-state index contributed by atoms with van der Waals surface area (Å²) in [5.41, 5.74) is 2.73. The maximum Gasteiger partial charge on any atom is 0.303 e. The molecule has 0 fully saturated rings. The molecule has 0 atom stereocenters. The van der Waals surface area contributed by atoms with E-state index < -0.39 is 5.97 Å². The third-order valence-corrected chi connectivity index (χ3v) is 6.08. The number of carbonyl (C=O) groups is 1. The minimum Gasteiger partial charge on any atom is -0.492 e. The highest BCUT2D eigenvalue weighted by Gasteiger charge is 2.09. The van der Waals surface area contributed by atoms with Crippen LogP contribution in [0.5, 0.6) is 5.75 Å². The van der Waals surface area contributed by atoms with Crippen LogP contribution in [-0.2, 0) is 4.79 Å². The highest BCUT2D eigenvalue weighted by Crippen LogP contribution is 2.36. The number of hydrogen-bond donors (Lipinski definition) is 2. The first-order valence-corrected chi connectivity index (χ1v) is 11.7. The predicted molar refractivity (Wildman–Crippen MR) is 131 cm³/mol. The van der Waals surface area contributed by atoms with Gasteiger partial charge >= 0.3 is 5.97 Å². The lowest BCUT2D eigenvalue weighted by Gasteiger charge is -2.11. The van der Waals surface area contributed by atoms with E-state index >= 15 is 0 Å². The molecule has 2 aromatic heterocycles. The number of nitrogens with zero attached hydrogens (tertiary/aromatic N) is 2. The number of fused-ring (bicyclic) bond motifs is 1. The van der Waals surface area contributed by atoms with Crippen molar-refractivity contribution in [3.05, 3.63) is 78.2 Å². The third kappa shape index (κ3) is 6.46. The number of aromatic amines is 1. The van der Waals surface area contributed by atoms with Crippen molar-refractivity contribution >= 4 is 40.8 Å². The second-order valence-corrected chi connectivity index (χ2v) is 8.62. The Morgan fingerprint density at radius 1 is 1.03 bits per heavy atom. The highest BCUT2D eigenvalue weighted by molar-refractivity contribution is 7.99. The fraction of sp³-hybridized carbons (Fsp3) is 0.192. The summed E-state index contributed by atoms with van der Waals surface area (Å²) < 4.78 is 5.98. The number of nitrogens with one attached hydrogen (secondary N) is 1. The van der Waals surface area contributed by atoms with Gasteiger partial charge in [0.25, 0.3) is 0 Å². The van der Waals surface area contributed by atoms with Gasteiger partial charge < -0.3 is 9.84 Å². The van der Waals surface area contributed by atoms with Crippen molar-refractivity contribution in [2.24, 2.45) is 0 Å². The number of aliphatic carboxylic acids is 1. The molecule has 0 unspecified atom stereocenters. The normalized spacial score (nSPS) is 11.3. The quantitative estimate of drug-likeness (QED) is 0.256. The summed E-state index contributed by atoms with van der Waals surface area (Å²) in [6, 6.07) is 20.0. The smallest absolute Gasteiger partial charge is 0.303 e. The average molecular weight is 460 g/mol. The molecule has 0 spiro atoms. The zero-order valence-electron chi connectivity index (χ0n) is 18.1. The average Bonchev–Trinajstić information content (AvgIpc) is 3.23. The second-order valence-electron chi connectivity index (χ2n) is 7.51. The van der Waals surface area contributed by atoms with Gasteiger partial charge in [-0.05, 0) is 73.9 Å². The van der Waals surface area contributed by atoms with Crippen LogP contribution in [0.1, 0.15) is 37.1 Å². The largest absolute Gasteiger partial charge is 0.492 e. The fourth-order valence-corrected chi connectivity index (χ4v) is 4.31. The molecule has 0 bridgehead atoms. The summed E-state index contributed by atoms with van der Waals surface area (Å²) in [4.78, 5) is 17.0. The van der Waals surface area contributed by atoms with Crippen molar-refractivity contribution < 1.29 is 14.6 Å². The Morgan fingerprint density at radius 2 is 1.91 bits per heavy atom. The van der Waals surface area contributed by atoms with E-state index in [1.54, 1.807) is 18.0 Å². The molecule has 0 amide bonds. The predicted octanol–water partition coefficient (Wildman–Crippen LogP) is 6.30. The highest BCUT2D eigenvalue weighted by atomic mass is 32.2. The van der Waals surface area contributed by atoms with Crippen LogP contribution in [-0.4, -0.2) is 32.9 Å². The van der Waals surface area contributed by atoms with Crippen molar-refractivity contribution in [3.8, 4) is 5.75 Å². The summed E-state index contributed by atoms with van der Waals surface area (Å²) >= 11 is 1.64. The third-order valence-electron chi connectivity index (χ3n) is 5.03. The molecule has 0 aliphatic rings. The molecular formula is C26H25N3O3S. The number of aromatic nitrogens is 3. The minimum atomic E-state index is -0.747. The Balaban J connectivity index is 1.40. The van der Waals surface area contributed by atoms with Crippen molar-refractivity contribution in [2.75, 3.05) is 6.61 Å². The van der Waals surface area contributed by atoms with Gasteiger partial charge in [0.1, 0.15) is 5.75 Å². The van der Waals surface area contributed by atoms with Gasteiger partial charge in [0.2, 0.25) is 0 Å². The van der Waals surface area contributed by atoms with Gasteiger partial charge in [-0.25, -0.2) is 0 Å². The first-order chi connectivity index (χ1) is 16.2. The molecule has 168 valence electrons. The summed E-state index contributed by atoms with van der Waals surface area (Å²) in [5, 5.41) is 17.3. The molecule has 7 heteroatoms. The van der Waals surface area contributed by atoms with E-state index in [2.05, 4.69) is 33.4 Å². The topological polar surface area (TPSA) is 88.1 Å². The van der Waals surface area contributed by atoms with Crippen molar-refractivity contribution in [1.29, 1.82) is 0 Å². The summed E-state index contributed by atoms with van der Waals surface area (Å²) in [7, 11) is 0. The van der Waals surface area contributed by atoms with Gasteiger partial charge in [-0.15, -0.1) is 0 Å². The van der Waals surface area contributed by atoms with Crippen LogP contribution in [0.15, 0.2) is 76.7 Å². The van der Waals surface area contributed by atoms with Crippen molar-refractivity contribution in [1.82, 2.24) is 15.2 Å². The first-order valence-electron chi connectivity index (χ1n) is 10.9. The lowest BCUT2D eigenvalue weighted by molar-refractivity contribution is -0.137. The zero-order valence-corrected chi connectivity index (χ0v) is 18.9. The van der Waals surface area contributed by atoms with Crippen molar-refractivity contribution in [3.63, 3.8) is 0 Å². The van der Waals surface area contributed by atoms with Crippen LogP contribution in [0, 0.1) is 0 Å². The number of unbranched alkanes of at least 4 members (excludes halogenated alkanes) is 2. The SMILES string of the molecule is O=C(O)CCCCCOc1ccccc1Sc1ccc2c(C=Cc3ccccn3)n[nH]c2c1. The van der Waals surface area contributed by atoms with Crippen molar-refractivity contribution in [2.45, 2.75) is 35.5 Å². The maximum absolute atomic E-state index is 10.6. The monoisotopic (exact) mass is 459 g/mol. The van der Waals surface area contributed by atoms with Gasteiger partial charge in [-0.3, -0.25) is 14.9 Å².